The highest BCUT2D eigenvalue weighted by molar-refractivity contribution is 9.10. The highest BCUT2D eigenvalue weighted by Crippen LogP contribution is 2.22. The maximum Gasteiger partial charge on any atom is 0.149 e. The van der Waals surface area contributed by atoms with Crippen molar-refractivity contribution in [2.24, 2.45) is 5.92 Å². The van der Waals surface area contributed by atoms with Gasteiger partial charge in [-0.2, -0.15) is 0 Å². The Balaban J connectivity index is 2.77. The number of nitrogens with two attached hydrogens (primary N) is 1. The highest BCUT2D eigenvalue weighted by atomic mass is 79.9. The fourth-order valence-electron chi connectivity index (χ4n) is 1.46. The van der Waals surface area contributed by atoms with Crippen LogP contribution in [0, 0.1) is 5.92 Å². The second kappa shape index (κ2) is 6.06. The standard InChI is InChI=1S/C11H18BrN3O/c1-7(2)10(3-4-16)15-11-9(13)5-8(12)6-14-11/h5-7,10,16H,3-4,13H2,1-2H3,(H,14,15). The third-order valence-electron chi connectivity index (χ3n) is 2.45. The van der Waals surface area contributed by atoms with Crippen LogP contribution in [0.1, 0.15) is 20.3 Å². The van der Waals surface area contributed by atoms with Crippen LogP contribution in [0.3, 0.4) is 0 Å². The third-order valence-corrected chi connectivity index (χ3v) is 2.88. The summed E-state index contributed by atoms with van der Waals surface area (Å²) in [5.41, 5.74) is 6.46. The lowest BCUT2D eigenvalue weighted by atomic mass is 10.0. The van der Waals surface area contributed by atoms with Crippen LogP contribution in [-0.4, -0.2) is 22.7 Å². The van der Waals surface area contributed by atoms with Crippen molar-refractivity contribution in [3.63, 3.8) is 0 Å². The molecule has 4 N–H and O–H groups in total. The van der Waals surface area contributed by atoms with Crippen LogP contribution in [0.5, 0.6) is 0 Å². The quantitative estimate of drug-likeness (QED) is 0.777. The molecule has 0 aliphatic heterocycles. The number of aromatic nitrogens is 1. The van der Waals surface area contributed by atoms with Gasteiger partial charge < -0.3 is 16.2 Å². The number of hydrogen-bond donors (Lipinski definition) is 3. The van der Waals surface area contributed by atoms with Gasteiger partial charge in [0, 0.05) is 23.3 Å². The summed E-state index contributed by atoms with van der Waals surface area (Å²) >= 11 is 3.31. The van der Waals surface area contributed by atoms with Gasteiger partial charge in [-0.05, 0) is 34.3 Å². The zero-order valence-electron chi connectivity index (χ0n) is 9.57. The van der Waals surface area contributed by atoms with E-state index in [2.05, 4.69) is 40.1 Å². The first-order valence-corrected chi connectivity index (χ1v) is 6.12. The Bertz CT molecular complexity index is 344. The number of hydrogen-bond acceptors (Lipinski definition) is 4. The molecule has 0 aliphatic rings. The number of anilines is 2. The van der Waals surface area contributed by atoms with Gasteiger partial charge in [-0.3, -0.25) is 0 Å². The van der Waals surface area contributed by atoms with E-state index in [9.17, 15) is 0 Å². The van der Waals surface area contributed by atoms with Gasteiger partial charge in [-0.1, -0.05) is 13.8 Å². The van der Waals surface area contributed by atoms with E-state index in [0.717, 1.165) is 4.47 Å². The van der Waals surface area contributed by atoms with E-state index in [-0.39, 0.29) is 12.6 Å². The summed E-state index contributed by atoms with van der Waals surface area (Å²) in [6.45, 7) is 4.36. The fraction of sp³-hybridized carbons (Fsp3) is 0.545. The molecule has 0 bridgehead atoms. The molecule has 4 nitrogen and oxygen atoms in total. The van der Waals surface area contributed by atoms with Crippen molar-refractivity contribution in [2.45, 2.75) is 26.3 Å². The summed E-state index contributed by atoms with van der Waals surface area (Å²) in [7, 11) is 0. The van der Waals surface area contributed by atoms with E-state index in [4.69, 9.17) is 10.8 Å². The lowest BCUT2D eigenvalue weighted by Gasteiger charge is -2.22. The van der Waals surface area contributed by atoms with Gasteiger partial charge in [-0.15, -0.1) is 0 Å². The van der Waals surface area contributed by atoms with Crippen LogP contribution in [0.4, 0.5) is 11.5 Å². The van der Waals surface area contributed by atoms with Gasteiger partial charge in [0.15, 0.2) is 0 Å². The monoisotopic (exact) mass is 287 g/mol. The number of halogens is 1. The van der Waals surface area contributed by atoms with E-state index >= 15 is 0 Å². The van der Waals surface area contributed by atoms with Crippen molar-refractivity contribution in [1.82, 2.24) is 4.98 Å². The predicted octanol–water partition coefficient (Wildman–Crippen LogP) is 2.25. The molecule has 0 fully saturated rings. The molecule has 0 amide bonds. The molecule has 90 valence electrons. The van der Waals surface area contributed by atoms with Crippen LogP contribution in [-0.2, 0) is 0 Å². The van der Waals surface area contributed by atoms with Gasteiger partial charge >= 0.3 is 0 Å². The van der Waals surface area contributed by atoms with E-state index < -0.39 is 0 Å². The molecule has 1 atom stereocenters. The Labute approximate surface area is 104 Å². The Morgan fingerprint density at radius 2 is 2.25 bits per heavy atom. The summed E-state index contributed by atoms with van der Waals surface area (Å²) in [6, 6.07) is 1.99. The van der Waals surface area contributed by atoms with Crippen molar-refractivity contribution in [3.05, 3.63) is 16.7 Å². The minimum Gasteiger partial charge on any atom is -0.396 e. The van der Waals surface area contributed by atoms with E-state index in [1.54, 1.807) is 6.20 Å². The van der Waals surface area contributed by atoms with Gasteiger partial charge in [-0.25, -0.2) is 4.98 Å². The number of pyridine rings is 1. The maximum absolute atomic E-state index is 8.98. The average molecular weight is 288 g/mol. The van der Waals surface area contributed by atoms with Crippen molar-refractivity contribution < 1.29 is 5.11 Å². The molecule has 0 radical (unpaired) electrons. The van der Waals surface area contributed by atoms with Crippen molar-refractivity contribution in [2.75, 3.05) is 17.7 Å². The number of nitrogens with zero attached hydrogens (tertiary/aromatic N) is 1. The molecule has 1 rings (SSSR count). The predicted molar refractivity (Wildman–Crippen MR) is 70.3 cm³/mol. The average Bonchev–Trinajstić information content (AvgIpc) is 2.20. The Morgan fingerprint density at radius 3 is 2.75 bits per heavy atom. The van der Waals surface area contributed by atoms with E-state index in [1.165, 1.54) is 0 Å². The smallest absolute Gasteiger partial charge is 0.149 e. The molecule has 0 saturated carbocycles. The normalized spacial score (nSPS) is 12.8. The Hall–Kier alpha value is -0.810. The first kappa shape index (κ1) is 13.3. The molecular formula is C11H18BrN3O. The molecule has 16 heavy (non-hydrogen) atoms. The van der Waals surface area contributed by atoms with Gasteiger partial charge in [0.2, 0.25) is 0 Å². The molecule has 0 saturated heterocycles. The van der Waals surface area contributed by atoms with Crippen molar-refractivity contribution >= 4 is 27.4 Å². The summed E-state index contributed by atoms with van der Waals surface area (Å²) in [5.74, 6) is 1.09. The molecule has 1 unspecified atom stereocenters. The summed E-state index contributed by atoms with van der Waals surface area (Å²) in [5, 5.41) is 12.2. The highest BCUT2D eigenvalue weighted by Gasteiger charge is 2.14. The minimum atomic E-state index is 0.159. The summed E-state index contributed by atoms with van der Waals surface area (Å²) in [4.78, 5) is 4.22. The largest absolute Gasteiger partial charge is 0.396 e. The van der Waals surface area contributed by atoms with Crippen LogP contribution in [0.2, 0.25) is 0 Å². The Kier molecular flexibility index (Phi) is 5.02. The van der Waals surface area contributed by atoms with Gasteiger partial charge in [0.05, 0.1) is 5.69 Å². The molecule has 5 heteroatoms. The molecule has 1 heterocycles. The summed E-state index contributed by atoms with van der Waals surface area (Å²) in [6.07, 6.45) is 2.39. The first-order valence-electron chi connectivity index (χ1n) is 5.33. The lowest BCUT2D eigenvalue weighted by Crippen LogP contribution is -2.27. The fourth-order valence-corrected chi connectivity index (χ4v) is 1.81. The second-order valence-electron chi connectivity index (χ2n) is 4.10. The molecule has 0 spiro atoms. The zero-order valence-corrected chi connectivity index (χ0v) is 11.2. The van der Waals surface area contributed by atoms with Crippen molar-refractivity contribution in [3.8, 4) is 0 Å². The number of aliphatic hydroxyl groups is 1. The zero-order chi connectivity index (χ0) is 12.1. The SMILES string of the molecule is CC(C)C(CCO)Nc1ncc(Br)cc1N. The van der Waals surface area contributed by atoms with Crippen LogP contribution in [0.25, 0.3) is 0 Å². The number of nitrogen functional groups attached to an aromatic ring is 1. The molecule has 1 aromatic rings. The third kappa shape index (κ3) is 3.64. The minimum absolute atomic E-state index is 0.159. The molecular weight excluding hydrogens is 270 g/mol. The van der Waals surface area contributed by atoms with Crippen LogP contribution in [0.15, 0.2) is 16.7 Å². The van der Waals surface area contributed by atoms with E-state index in [1.807, 2.05) is 6.07 Å². The lowest BCUT2D eigenvalue weighted by molar-refractivity contribution is 0.267. The number of nitrogens with one attached hydrogen (secondary N) is 1. The van der Waals surface area contributed by atoms with Crippen LogP contribution < -0.4 is 11.1 Å². The summed E-state index contributed by atoms with van der Waals surface area (Å²) < 4.78 is 0.860. The van der Waals surface area contributed by atoms with Gasteiger partial charge in [0.1, 0.15) is 5.82 Å². The molecule has 1 aromatic heterocycles. The second-order valence-corrected chi connectivity index (χ2v) is 5.01. The molecule has 0 aromatic carbocycles. The van der Waals surface area contributed by atoms with Gasteiger partial charge in [0.25, 0.3) is 0 Å². The Morgan fingerprint density at radius 1 is 1.56 bits per heavy atom. The van der Waals surface area contributed by atoms with E-state index in [0.29, 0.717) is 23.8 Å². The maximum atomic E-state index is 8.98. The first-order chi connectivity index (χ1) is 7.54. The van der Waals surface area contributed by atoms with Crippen molar-refractivity contribution in [1.29, 1.82) is 0 Å². The topological polar surface area (TPSA) is 71.2 Å². The number of aliphatic hydroxyl groups excluding tert-OH is 1. The van der Waals surface area contributed by atoms with Crippen LogP contribution >= 0.6 is 15.9 Å². The number of rotatable bonds is 5. The molecule has 0 aliphatic carbocycles.